The predicted molar refractivity (Wildman–Crippen MR) is 156 cm³/mol. The van der Waals surface area contributed by atoms with Gasteiger partial charge in [0.25, 0.3) is 5.91 Å². The van der Waals surface area contributed by atoms with E-state index in [-0.39, 0.29) is 36.7 Å². The number of amides is 3. The lowest BCUT2D eigenvalue weighted by Gasteiger charge is -2.33. The number of hydrogen-bond acceptors (Lipinski definition) is 3. The molecule has 0 saturated heterocycles. The topological polar surface area (TPSA) is 69.7 Å². The number of benzene rings is 3. The summed E-state index contributed by atoms with van der Waals surface area (Å²) in [7, 11) is 0. The molecule has 2 aliphatic rings. The Hall–Kier alpha value is -3.38. The van der Waals surface area contributed by atoms with Crippen molar-refractivity contribution in [3.8, 4) is 0 Å². The van der Waals surface area contributed by atoms with Gasteiger partial charge in [-0.25, -0.2) is 0 Å². The van der Waals surface area contributed by atoms with Gasteiger partial charge < -0.3 is 15.1 Å². The maximum absolute atomic E-state index is 13.7. The summed E-state index contributed by atoms with van der Waals surface area (Å²) in [6.45, 7) is 2.64. The second-order valence-electron chi connectivity index (χ2n) is 10.6. The van der Waals surface area contributed by atoms with Crippen molar-refractivity contribution in [1.82, 2.24) is 10.2 Å². The fraction of sp³-hybridized carbons (Fsp3) is 0.406. The number of rotatable bonds is 10. The SMILES string of the molecule is CC[C@@H](C(=O)NC1CCCCC1)N(Cc1ccccc1Cl)C(=O)CCCN1C(=O)c2cccc3cccc1c23. The number of halogens is 1. The lowest BCUT2D eigenvalue weighted by Crippen LogP contribution is -2.51. The summed E-state index contributed by atoms with van der Waals surface area (Å²) >= 11 is 6.46. The Balaban J connectivity index is 1.30. The summed E-state index contributed by atoms with van der Waals surface area (Å²) in [4.78, 5) is 43.8. The summed E-state index contributed by atoms with van der Waals surface area (Å²) in [5, 5.41) is 5.80. The first-order valence-electron chi connectivity index (χ1n) is 14.1. The minimum Gasteiger partial charge on any atom is -0.352 e. The molecule has 0 bridgehead atoms. The van der Waals surface area contributed by atoms with E-state index in [1.165, 1.54) is 6.42 Å². The average Bonchev–Trinajstić information content (AvgIpc) is 3.22. The molecule has 1 fully saturated rings. The van der Waals surface area contributed by atoms with E-state index in [1.807, 2.05) is 61.5 Å². The van der Waals surface area contributed by atoms with Crippen LogP contribution in [0.15, 0.2) is 60.7 Å². The molecule has 3 aromatic carbocycles. The van der Waals surface area contributed by atoms with Crippen LogP contribution in [0, 0.1) is 0 Å². The first kappa shape index (κ1) is 27.2. The number of carbonyl (C=O) groups excluding carboxylic acids is 3. The fourth-order valence-electron chi connectivity index (χ4n) is 6.01. The van der Waals surface area contributed by atoms with Gasteiger partial charge in [-0.05, 0) is 54.8 Å². The highest BCUT2D eigenvalue weighted by Gasteiger charge is 2.32. The second kappa shape index (κ2) is 12.2. The molecule has 204 valence electrons. The number of nitrogens with one attached hydrogen (secondary N) is 1. The zero-order valence-corrected chi connectivity index (χ0v) is 23.3. The highest BCUT2D eigenvalue weighted by Crippen LogP contribution is 2.37. The van der Waals surface area contributed by atoms with E-state index in [0.717, 1.165) is 47.7 Å². The van der Waals surface area contributed by atoms with Crippen molar-refractivity contribution >= 4 is 45.8 Å². The van der Waals surface area contributed by atoms with Gasteiger partial charge in [-0.15, -0.1) is 0 Å². The normalized spacial score (nSPS) is 15.9. The first-order valence-corrected chi connectivity index (χ1v) is 14.5. The zero-order valence-electron chi connectivity index (χ0n) is 22.5. The molecular weight excluding hydrogens is 510 g/mol. The molecule has 6 nitrogen and oxygen atoms in total. The van der Waals surface area contributed by atoms with Crippen molar-refractivity contribution in [2.24, 2.45) is 0 Å². The Morgan fingerprint density at radius 2 is 1.77 bits per heavy atom. The van der Waals surface area contributed by atoms with Crippen molar-refractivity contribution in [3.05, 3.63) is 76.8 Å². The van der Waals surface area contributed by atoms with Crippen LogP contribution in [0.4, 0.5) is 5.69 Å². The van der Waals surface area contributed by atoms with Gasteiger partial charge in [-0.3, -0.25) is 14.4 Å². The van der Waals surface area contributed by atoms with Gasteiger partial charge in [0.05, 0.1) is 5.69 Å². The van der Waals surface area contributed by atoms with Crippen LogP contribution in [0.3, 0.4) is 0 Å². The van der Waals surface area contributed by atoms with Gasteiger partial charge in [-0.1, -0.05) is 80.3 Å². The number of hydrogen-bond donors (Lipinski definition) is 1. The molecule has 1 N–H and O–H groups in total. The standard InChI is InChI=1S/C32H36ClN3O3/c1-2-27(31(38)34-24-14-4-3-5-15-24)36(21-23-11-6-7-17-26(23)33)29(37)19-10-20-35-28-18-9-13-22-12-8-16-25(30(22)28)32(35)39/h6-9,11-13,16-18,24,27H,2-5,10,14-15,19-21H2,1H3,(H,34,38)/t27-/m0/s1. The number of anilines is 1. The third kappa shape index (κ3) is 5.81. The Kier molecular flexibility index (Phi) is 8.51. The zero-order chi connectivity index (χ0) is 27.4. The molecule has 39 heavy (non-hydrogen) atoms. The molecule has 1 heterocycles. The van der Waals surface area contributed by atoms with Gasteiger partial charge in [0, 0.05) is 41.5 Å². The van der Waals surface area contributed by atoms with Crippen molar-refractivity contribution in [2.75, 3.05) is 11.4 Å². The molecule has 0 radical (unpaired) electrons. The molecule has 1 saturated carbocycles. The fourth-order valence-corrected chi connectivity index (χ4v) is 6.20. The van der Waals surface area contributed by atoms with E-state index in [4.69, 9.17) is 11.6 Å². The maximum Gasteiger partial charge on any atom is 0.258 e. The smallest absolute Gasteiger partial charge is 0.258 e. The van der Waals surface area contributed by atoms with E-state index < -0.39 is 6.04 Å². The monoisotopic (exact) mass is 545 g/mol. The number of carbonyl (C=O) groups is 3. The molecule has 1 aliphatic carbocycles. The molecule has 5 rings (SSSR count). The van der Waals surface area contributed by atoms with Gasteiger partial charge in [-0.2, -0.15) is 0 Å². The lowest BCUT2D eigenvalue weighted by molar-refractivity contribution is -0.141. The van der Waals surface area contributed by atoms with Gasteiger partial charge >= 0.3 is 0 Å². The van der Waals surface area contributed by atoms with Crippen LogP contribution < -0.4 is 10.2 Å². The van der Waals surface area contributed by atoms with Gasteiger partial charge in [0.15, 0.2) is 0 Å². The van der Waals surface area contributed by atoms with Crippen molar-refractivity contribution < 1.29 is 14.4 Å². The van der Waals surface area contributed by atoms with Crippen LogP contribution in [0.5, 0.6) is 0 Å². The molecular formula is C32H36ClN3O3. The van der Waals surface area contributed by atoms with E-state index in [1.54, 1.807) is 15.9 Å². The molecule has 0 unspecified atom stereocenters. The summed E-state index contributed by atoms with van der Waals surface area (Å²) in [6, 6.07) is 18.8. The largest absolute Gasteiger partial charge is 0.352 e. The Bertz CT molecular complexity index is 1360. The lowest BCUT2D eigenvalue weighted by atomic mass is 9.95. The van der Waals surface area contributed by atoms with Gasteiger partial charge in [0.1, 0.15) is 6.04 Å². The molecule has 1 atom stereocenters. The van der Waals surface area contributed by atoms with Crippen LogP contribution in [-0.2, 0) is 16.1 Å². The summed E-state index contributed by atoms with van der Waals surface area (Å²) in [6.07, 6.45) is 6.66. The van der Waals surface area contributed by atoms with Crippen LogP contribution in [0.2, 0.25) is 5.02 Å². The summed E-state index contributed by atoms with van der Waals surface area (Å²) in [5.41, 5.74) is 2.42. The van der Waals surface area contributed by atoms with Crippen LogP contribution >= 0.6 is 11.6 Å². The maximum atomic E-state index is 13.7. The van der Waals surface area contributed by atoms with Crippen molar-refractivity contribution in [3.63, 3.8) is 0 Å². The molecule has 7 heteroatoms. The van der Waals surface area contributed by atoms with Crippen molar-refractivity contribution in [2.45, 2.75) is 76.9 Å². The Morgan fingerprint density at radius 1 is 1.03 bits per heavy atom. The molecule has 3 amide bonds. The average molecular weight is 546 g/mol. The van der Waals surface area contributed by atoms with Crippen LogP contribution in [-0.4, -0.2) is 41.2 Å². The minimum atomic E-state index is -0.581. The third-order valence-corrected chi connectivity index (χ3v) is 8.43. The summed E-state index contributed by atoms with van der Waals surface area (Å²) < 4.78 is 0. The van der Waals surface area contributed by atoms with Crippen LogP contribution in [0.1, 0.15) is 74.2 Å². The molecule has 0 spiro atoms. The highest BCUT2D eigenvalue weighted by molar-refractivity contribution is 6.31. The minimum absolute atomic E-state index is 0.0273. The van der Waals surface area contributed by atoms with E-state index in [2.05, 4.69) is 5.32 Å². The predicted octanol–water partition coefficient (Wildman–Crippen LogP) is 6.49. The first-order chi connectivity index (χ1) is 19.0. The number of nitrogens with zero attached hydrogens (tertiary/aromatic N) is 2. The quantitative estimate of drug-likeness (QED) is 0.316. The van der Waals surface area contributed by atoms with Crippen molar-refractivity contribution in [1.29, 1.82) is 0 Å². The Morgan fingerprint density at radius 3 is 2.51 bits per heavy atom. The Labute approximate surface area is 235 Å². The van der Waals surface area contributed by atoms with Crippen LogP contribution in [0.25, 0.3) is 10.8 Å². The third-order valence-electron chi connectivity index (χ3n) is 8.06. The molecule has 1 aliphatic heterocycles. The molecule has 0 aromatic heterocycles. The van der Waals surface area contributed by atoms with Gasteiger partial charge in [0.2, 0.25) is 11.8 Å². The van der Waals surface area contributed by atoms with E-state index in [0.29, 0.717) is 30.0 Å². The molecule has 3 aromatic rings. The highest BCUT2D eigenvalue weighted by atomic mass is 35.5. The van der Waals surface area contributed by atoms with E-state index in [9.17, 15) is 14.4 Å². The van der Waals surface area contributed by atoms with E-state index >= 15 is 0 Å². The second-order valence-corrected chi connectivity index (χ2v) is 11.0. The summed E-state index contributed by atoms with van der Waals surface area (Å²) in [5.74, 6) is -0.231.